The molecule has 1 fully saturated rings. The van der Waals surface area contributed by atoms with Gasteiger partial charge < -0.3 is 15.2 Å². The van der Waals surface area contributed by atoms with Crippen LogP contribution in [0.2, 0.25) is 0 Å². The Morgan fingerprint density at radius 2 is 2.24 bits per heavy atom. The summed E-state index contributed by atoms with van der Waals surface area (Å²) in [4.78, 5) is 0. The maximum atomic E-state index is 9.62. The van der Waals surface area contributed by atoms with Crippen molar-refractivity contribution in [3.05, 3.63) is 23.8 Å². The van der Waals surface area contributed by atoms with E-state index in [1.807, 2.05) is 6.07 Å². The lowest BCUT2D eigenvalue weighted by Gasteiger charge is -2.07. The molecule has 1 aliphatic carbocycles. The summed E-state index contributed by atoms with van der Waals surface area (Å²) in [5, 5.41) is 13.0. The average molecular weight is 235 g/mol. The van der Waals surface area contributed by atoms with Gasteiger partial charge >= 0.3 is 0 Å². The van der Waals surface area contributed by atoms with Crippen LogP contribution >= 0.6 is 0 Å². The van der Waals surface area contributed by atoms with Crippen molar-refractivity contribution in [2.24, 2.45) is 5.92 Å². The van der Waals surface area contributed by atoms with Crippen molar-refractivity contribution in [1.82, 2.24) is 5.32 Å². The predicted octanol–water partition coefficient (Wildman–Crippen LogP) is 2.68. The van der Waals surface area contributed by atoms with Gasteiger partial charge in [0.2, 0.25) is 0 Å². The molecule has 0 heterocycles. The van der Waals surface area contributed by atoms with Crippen molar-refractivity contribution >= 4 is 0 Å². The normalized spacial score (nSPS) is 14.9. The maximum Gasteiger partial charge on any atom is 0.160 e. The molecular weight excluding hydrogens is 214 g/mol. The van der Waals surface area contributed by atoms with Crippen molar-refractivity contribution in [2.45, 2.75) is 32.2 Å². The summed E-state index contributed by atoms with van der Waals surface area (Å²) in [6, 6.07) is 5.54. The number of hydrogen-bond acceptors (Lipinski definition) is 3. The number of phenols is 1. The highest BCUT2D eigenvalue weighted by atomic mass is 16.5. The maximum absolute atomic E-state index is 9.62. The van der Waals surface area contributed by atoms with E-state index in [1.165, 1.54) is 25.7 Å². The Bertz CT molecular complexity index is 361. The fraction of sp³-hybridized carbons (Fsp3) is 0.571. The molecule has 3 nitrogen and oxygen atoms in total. The van der Waals surface area contributed by atoms with E-state index in [4.69, 9.17) is 4.74 Å². The smallest absolute Gasteiger partial charge is 0.160 e. The summed E-state index contributed by atoms with van der Waals surface area (Å²) < 4.78 is 5.01. The Labute approximate surface area is 103 Å². The fourth-order valence-corrected chi connectivity index (χ4v) is 2.00. The Morgan fingerprint density at radius 3 is 2.88 bits per heavy atom. The summed E-state index contributed by atoms with van der Waals surface area (Å²) in [5.74, 6) is 1.76. The Hall–Kier alpha value is -1.22. The standard InChI is InChI=1S/C14H21NO2/c1-17-14-7-6-12(9-13(14)16)10-15-8-2-3-11-4-5-11/h6-7,9,11,15-16H,2-5,8,10H2,1H3. The lowest BCUT2D eigenvalue weighted by Crippen LogP contribution is -2.14. The van der Waals surface area contributed by atoms with E-state index in [1.54, 1.807) is 19.2 Å². The molecule has 0 unspecified atom stereocenters. The molecule has 0 aliphatic heterocycles. The second-order valence-electron chi connectivity index (χ2n) is 4.77. The zero-order valence-corrected chi connectivity index (χ0v) is 10.4. The third kappa shape index (κ3) is 3.93. The highest BCUT2D eigenvalue weighted by Crippen LogP contribution is 2.33. The number of aromatic hydroxyl groups is 1. The monoisotopic (exact) mass is 235 g/mol. The van der Waals surface area contributed by atoms with Crippen LogP contribution < -0.4 is 10.1 Å². The van der Waals surface area contributed by atoms with Gasteiger partial charge in [0.15, 0.2) is 11.5 Å². The third-order valence-corrected chi connectivity index (χ3v) is 3.24. The van der Waals surface area contributed by atoms with E-state index < -0.39 is 0 Å². The average Bonchev–Trinajstić information content (AvgIpc) is 3.13. The highest BCUT2D eigenvalue weighted by molar-refractivity contribution is 5.41. The van der Waals surface area contributed by atoms with Gasteiger partial charge in [-0.1, -0.05) is 18.9 Å². The molecule has 0 saturated heterocycles. The SMILES string of the molecule is COc1ccc(CNCCCC2CC2)cc1O. The molecule has 0 spiro atoms. The molecular formula is C14H21NO2. The van der Waals surface area contributed by atoms with Crippen LogP contribution in [0.4, 0.5) is 0 Å². The number of nitrogens with one attached hydrogen (secondary N) is 1. The lowest BCUT2D eigenvalue weighted by atomic mass is 10.2. The van der Waals surface area contributed by atoms with E-state index in [2.05, 4.69) is 5.32 Å². The molecule has 2 rings (SSSR count). The summed E-state index contributed by atoms with van der Waals surface area (Å²) >= 11 is 0. The minimum atomic E-state index is 0.213. The molecule has 1 saturated carbocycles. The van der Waals surface area contributed by atoms with Crippen LogP contribution in [0, 0.1) is 5.92 Å². The minimum absolute atomic E-state index is 0.213. The number of phenolic OH excluding ortho intramolecular Hbond substituents is 1. The first kappa shape index (κ1) is 12.2. The van der Waals surface area contributed by atoms with E-state index in [0.29, 0.717) is 5.75 Å². The minimum Gasteiger partial charge on any atom is -0.504 e. The second kappa shape index (κ2) is 5.92. The topological polar surface area (TPSA) is 41.5 Å². The number of benzene rings is 1. The first-order chi connectivity index (χ1) is 8.29. The van der Waals surface area contributed by atoms with Gasteiger partial charge in [0.1, 0.15) is 0 Å². The summed E-state index contributed by atoms with van der Waals surface area (Å²) in [6.45, 7) is 1.87. The fourth-order valence-electron chi connectivity index (χ4n) is 2.00. The molecule has 2 N–H and O–H groups in total. The molecule has 3 heteroatoms. The summed E-state index contributed by atoms with van der Waals surface area (Å²) in [5.41, 5.74) is 1.09. The summed E-state index contributed by atoms with van der Waals surface area (Å²) in [6.07, 6.45) is 5.49. The van der Waals surface area contributed by atoms with Crippen LogP contribution in [-0.2, 0) is 6.54 Å². The van der Waals surface area contributed by atoms with Crippen molar-refractivity contribution in [3.8, 4) is 11.5 Å². The quantitative estimate of drug-likeness (QED) is 0.714. The van der Waals surface area contributed by atoms with Crippen molar-refractivity contribution in [3.63, 3.8) is 0 Å². The first-order valence-electron chi connectivity index (χ1n) is 6.36. The predicted molar refractivity (Wildman–Crippen MR) is 68.3 cm³/mol. The third-order valence-electron chi connectivity index (χ3n) is 3.24. The van der Waals surface area contributed by atoms with Crippen LogP contribution in [0.25, 0.3) is 0 Å². The highest BCUT2D eigenvalue weighted by Gasteiger charge is 2.19. The van der Waals surface area contributed by atoms with Gasteiger partial charge in [0.25, 0.3) is 0 Å². The summed E-state index contributed by atoms with van der Waals surface area (Å²) in [7, 11) is 1.56. The van der Waals surface area contributed by atoms with Crippen molar-refractivity contribution < 1.29 is 9.84 Å². The van der Waals surface area contributed by atoms with Gasteiger partial charge in [0, 0.05) is 6.54 Å². The molecule has 1 aromatic rings. The zero-order chi connectivity index (χ0) is 12.1. The van der Waals surface area contributed by atoms with Crippen molar-refractivity contribution in [2.75, 3.05) is 13.7 Å². The van der Waals surface area contributed by atoms with Gasteiger partial charge in [-0.15, -0.1) is 0 Å². The molecule has 0 amide bonds. The zero-order valence-electron chi connectivity index (χ0n) is 10.4. The first-order valence-corrected chi connectivity index (χ1v) is 6.36. The van der Waals surface area contributed by atoms with Gasteiger partial charge in [-0.2, -0.15) is 0 Å². The van der Waals surface area contributed by atoms with Crippen LogP contribution in [0.15, 0.2) is 18.2 Å². The number of ether oxygens (including phenoxy) is 1. The number of hydrogen-bond donors (Lipinski definition) is 2. The Kier molecular flexibility index (Phi) is 4.26. The van der Waals surface area contributed by atoms with E-state index >= 15 is 0 Å². The molecule has 17 heavy (non-hydrogen) atoms. The lowest BCUT2D eigenvalue weighted by molar-refractivity contribution is 0.373. The van der Waals surface area contributed by atoms with Gasteiger partial charge in [-0.05, 0) is 43.0 Å². The van der Waals surface area contributed by atoms with E-state index in [9.17, 15) is 5.11 Å². The van der Waals surface area contributed by atoms with Crippen LogP contribution in [0.1, 0.15) is 31.2 Å². The van der Waals surface area contributed by atoms with Gasteiger partial charge in [-0.3, -0.25) is 0 Å². The number of rotatable bonds is 7. The van der Waals surface area contributed by atoms with Gasteiger partial charge in [-0.25, -0.2) is 0 Å². The van der Waals surface area contributed by atoms with Crippen molar-refractivity contribution in [1.29, 1.82) is 0 Å². The largest absolute Gasteiger partial charge is 0.504 e. The van der Waals surface area contributed by atoms with Crippen LogP contribution in [-0.4, -0.2) is 18.8 Å². The molecule has 1 aliphatic rings. The van der Waals surface area contributed by atoms with E-state index in [0.717, 1.165) is 24.6 Å². The second-order valence-corrected chi connectivity index (χ2v) is 4.77. The Balaban J connectivity index is 1.68. The molecule has 0 atom stereocenters. The molecule has 1 aromatic carbocycles. The molecule has 0 bridgehead atoms. The number of methoxy groups -OCH3 is 1. The van der Waals surface area contributed by atoms with Crippen LogP contribution in [0.5, 0.6) is 11.5 Å². The van der Waals surface area contributed by atoms with E-state index in [-0.39, 0.29) is 5.75 Å². The molecule has 94 valence electrons. The van der Waals surface area contributed by atoms with Gasteiger partial charge in [0.05, 0.1) is 7.11 Å². The Morgan fingerprint density at radius 1 is 1.41 bits per heavy atom. The van der Waals surface area contributed by atoms with Crippen LogP contribution in [0.3, 0.4) is 0 Å². The molecule has 0 aromatic heterocycles. The molecule has 0 radical (unpaired) electrons.